The van der Waals surface area contributed by atoms with E-state index in [-0.39, 0.29) is 5.82 Å². The third-order valence-corrected chi connectivity index (χ3v) is 8.76. The standard InChI is InChI=1S/C27H34N8O4/c1-34(9-20-23(36)24(37)27(39-20)35-13-31-22-25(28)29-12-30-26(22)35)17-6-14(7-17)2-5-21-32-18-4-3-15(8-19(18)33-21)16-10-38-11-16/h3-4,8,12-14,16-17,20,23-24,27,36-37H,2,5-7,9-11H2,1H3,(H,32,33)(H2,28,29,30)/t14?,17?,20-,23+,24-,27-/m1/s1. The molecule has 0 spiro atoms. The fourth-order valence-corrected chi connectivity index (χ4v) is 6.11. The SMILES string of the molecule is CN(C[C@H]1O[C@@H](n2cnc3c(N)ncnc32)[C@H](O)[C@H]1O)C1CC(CCc2nc3cc(C4COC4)ccc3[nH]2)C1. The number of aromatic amines is 1. The predicted molar refractivity (Wildman–Crippen MR) is 143 cm³/mol. The highest BCUT2D eigenvalue weighted by Crippen LogP contribution is 2.37. The van der Waals surface area contributed by atoms with Gasteiger partial charge in [0.25, 0.3) is 0 Å². The first-order chi connectivity index (χ1) is 18.9. The van der Waals surface area contributed by atoms with Gasteiger partial charge in [-0.3, -0.25) is 4.57 Å². The molecule has 5 heterocycles. The third-order valence-electron chi connectivity index (χ3n) is 8.76. The molecule has 2 saturated heterocycles. The number of nitrogen functional groups attached to an aromatic ring is 1. The van der Waals surface area contributed by atoms with Crippen LogP contribution in [0.3, 0.4) is 0 Å². The Morgan fingerprint density at radius 2 is 2.00 bits per heavy atom. The van der Waals surface area contributed by atoms with Gasteiger partial charge in [0.05, 0.1) is 30.6 Å². The van der Waals surface area contributed by atoms with Crippen molar-refractivity contribution in [3.63, 3.8) is 0 Å². The van der Waals surface area contributed by atoms with Gasteiger partial charge in [-0.1, -0.05) is 6.07 Å². The number of imidazole rings is 2. The number of aryl methyl sites for hydroxylation is 1. The van der Waals surface area contributed by atoms with Crippen molar-refractivity contribution in [2.75, 3.05) is 32.5 Å². The Labute approximate surface area is 225 Å². The average Bonchev–Trinajstić information content (AvgIpc) is 3.54. The molecule has 206 valence electrons. The van der Waals surface area contributed by atoms with E-state index in [1.54, 1.807) is 4.57 Å². The maximum absolute atomic E-state index is 10.8. The molecule has 0 bridgehead atoms. The number of nitrogens with one attached hydrogen (secondary N) is 1. The number of ether oxygens (including phenoxy) is 2. The van der Waals surface area contributed by atoms with Crippen LogP contribution in [0.4, 0.5) is 5.82 Å². The highest BCUT2D eigenvalue weighted by atomic mass is 16.6. The van der Waals surface area contributed by atoms with Gasteiger partial charge < -0.3 is 35.3 Å². The van der Waals surface area contributed by atoms with Crippen molar-refractivity contribution in [1.82, 2.24) is 34.4 Å². The lowest BCUT2D eigenvalue weighted by atomic mass is 9.76. The maximum Gasteiger partial charge on any atom is 0.167 e. The Bertz CT molecular complexity index is 1480. The van der Waals surface area contributed by atoms with E-state index < -0.39 is 24.5 Å². The molecule has 0 unspecified atom stereocenters. The molecule has 12 heteroatoms. The van der Waals surface area contributed by atoms with E-state index in [9.17, 15) is 10.2 Å². The highest BCUT2D eigenvalue weighted by molar-refractivity contribution is 5.81. The van der Waals surface area contributed by atoms with Gasteiger partial charge in [0, 0.05) is 24.9 Å². The summed E-state index contributed by atoms with van der Waals surface area (Å²) >= 11 is 0. The van der Waals surface area contributed by atoms with Crippen LogP contribution in [0.5, 0.6) is 0 Å². The summed E-state index contributed by atoms with van der Waals surface area (Å²) in [5.74, 6) is 2.45. The number of H-pyrrole nitrogens is 1. The summed E-state index contributed by atoms with van der Waals surface area (Å²) in [5.41, 5.74) is 10.2. The molecule has 7 rings (SSSR count). The largest absolute Gasteiger partial charge is 0.387 e. The van der Waals surface area contributed by atoms with Crippen molar-refractivity contribution in [1.29, 1.82) is 0 Å². The first kappa shape index (κ1) is 24.9. The van der Waals surface area contributed by atoms with Crippen LogP contribution in [0.1, 0.15) is 42.8 Å². The minimum absolute atomic E-state index is 0.261. The number of nitrogens with two attached hydrogens (primary N) is 1. The van der Waals surface area contributed by atoms with Crippen molar-refractivity contribution >= 4 is 28.0 Å². The summed E-state index contributed by atoms with van der Waals surface area (Å²) in [6.07, 6.45) is 3.64. The third kappa shape index (κ3) is 4.45. The fourth-order valence-electron chi connectivity index (χ4n) is 6.11. The zero-order chi connectivity index (χ0) is 26.7. The lowest BCUT2D eigenvalue weighted by Gasteiger charge is -2.42. The van der Waals surface area contributed by atoms with Gasteiger partial charge in [0.1, 0.15) is 36.0 Å². The van der Waals surface area contributed by atoms with Crippen molar-refractivity contribution in [2.45, 2.75) is 62.2 Å². The topological polar surface area (TPSA) is 160 Å². The van der Waals surface area contributed by atoms with Gasteiger partial charge in [-0.25, -0.2) is 19.9 Å². The van der Waals surface area contributed by atoms with E-state index in [2.05, 4.69) is 50.1 Å². The van der Waals surface area contributed by atoms with Crippen molar-refractivity contribution in [2.24, 2.45) is 5.92 Å². The van der Waals surface area contributed by atoms with Crippen molar-refractivity contribution < 1.29 is 19.7 Å². The summed E-state index contributed by atoms with van der Waals surface area (Å²) in [6.45, 7) is 2.13. The number of aliphatic hydroxyl groups excluding tert-OH is 2. The molecule has 5 N–H and O–H groups in total. The second kappa shape index (κ2) is 9.79. The van der Waals surface area contributed by atoms with Crippen LogP contribution in [-0.4, -0.2) is 95.8 Å². The predicted octanol–water partition coefficient (Wildman–Crippen LogP) is 1.36. The minimum atomic E-state index is -1.10. The van der Waals surface area contributed by atoms with Crippen LogP contribution in [0.15, 0.2) is 30.9 Å². The van der Waals surface area contributed by atoms with Gasteiger partial charge in [0.2, 0.25) is 0 Å². The summed E-state index contributed by atoms with van der Waals surface area (Å²) in [5, 5.41) is 21.5. The van der Waals surface area contributed by atoms with Crippen LogP contribution in [-0.2, 0) is 15.9 Å². The van der Waals surface area contributed by atoms with Crippen molar-refractivity contribution in [3.05, 3.63) is 42.2 Å². The Balaban J connectivity index is 0.915. The summed E-state index contributed by atoms with van der Waals surface area (Å²) in [6, 6.07) is 6.92. The first-order valence-corrected chi connectivity index (χ1v) is 13.7. The molecule has 0 amide bonds. The molecule has 4 aromatic rings. The lowest BCUT2D eigenvalue weighted by Crippen LogP contribution is -2.47. The summed E-state index contributed by atoms with van der Waals surface area (Å²) in [4.78, 5) is 23.0. The normalized spacial score (nSPS) is 29.3. The van der Waals surface area contributed by atoms with Gasteiger partial charge in [0.15, 0.2) is 17.7 Å². The molecule has 0 radical (unpaired) electrons. The van der Waals surface area contributed by atoms with E-state index in [0.717, 1.165) is 55.8 Å². The Kier molecular flexibility index (Phi) is 6.24. The zero-order valence-corrected chi connectivity index (χ0v) is 21.8. The molecule has 2 aliphatic heterocycles. The molecule has 1 aliphatic carbocycles. The van der Waals surface area contributed by atoms with Gasteiger partial charge >= 0.3 is 0 Å². The van der Waals surface area contributed by atoms with Gasteiger partial charge in [-0.05, 0) is 49.9 Å². The van der Waals surface area contributed by atoms with E-state index in [0.29, 0.717) is 35.6 Å². The molecule has 39 heavy (non-hydrogen) atoms. The maximum atomic E-state index is 10.8. The number of nitrogens with zero attached hydrogens (tertiary/aromatic N) is 6. The average molecular weight is 535 g/mol. The number of fused-ring (bicyclic) bond motifs is 2. The second-order valence-electron chi connectivity index (χ2n) is 11.3. The van der Waals surface area contributed by atoms with E-state index >= 15 is 0 Å². The number of anilines is 1. The second-order valence-corrected chi connectivity index (χ2v) is 11.3. The molecule has 3 fully saturated rings. The fraction of sp³-hybridized carbons (Fsp3) is 0.556. The first-order valence-electron chi connectivity index (χ1n) is 13.7. The number of aliphatic hydroxyl groups is 2. The summed E-state index contributed by atoms with van der Waals surface area (Å²) in [7, 11) is 2.06. The number of benzene rings is 1. The van der Waals surface area contributed by atoms with Crippen LogP contribution < -0.4 is 5.73 Å². The Morgan fingerprint density at radius 1 is 1.15 bits per heavy atom. The molecule has 3 aromatic heterocycles. The molecule has 1 aromatic carbocycles. The minimum Gasteiger partial charge on any atom is -0.387 e. The highest BCUT2D eigenvalue weighted by Gasteiger charge is 2.45. The number of aromatic nitrogens is 6. The number of hydrogen-bond acceptors (Lipinski definition) is 10. The monoisotopic (exact) mass is 534 g/mol. The molecule has 12 nitrogen and oxygen atoms in total. The van der Waals surface area contributed by atoms with Crippen LogP contribution >= 0.6 is 0 Å². The lowest BCUT2D eigenvalue weighted by molar-refractivity contribution is -0.0514. The number of hydrogen-bond donors (Lipinski definition) is 4. The smallest absolute Gasteiger partial charge is 0.167 e. The number of likely N-dealkylation sites (N-methyl/N-ethyl adjacent to an activating group) is 1. The quantitative estimate of drug-likeness (QED) is 0.260. The van der Waals surface area contributed by atoms with E-state index in [1.807, 2.05) is 0 Å². The molecule has 1 saturated carbocycles. The van der Waals surface area contributed by atoms with Crippen molar-refractivity contribution in [3.8, 4) is 0 Å². The molecule has 3 aliphatic rings. The van der Waals surface area contributed by atoms with Crippen LogP contribution in [0.2, 0.25) is 0 Å². The number of rotatable bonds is 8. The zero-order valence-electron chi connectivity index (χ0n) is 21.8. The van der Waals surface area contributed by atoms with E-state index in [4.69, 9.17) is 20.2 Å². The molecule has 4 atom stereocenters. The van der Waals surface area contributed by atoms with Gasteiger partial charge in [-0.15, -0.1) is 0 Å². The molecular weight excluding hydrogens is 500 g/mol. The molecular formula is C27H34N8O4. The Hall–Kier alpha value is -3.16. The summed E-state index contributed by atoms with van der Waals surface area (Å²) < 4.78 is 13.1. The van der Waals surface area contributed by atoms with Crippen LogP contribution in [0, 0.1) is 5.92 Å². The van der Waals surface area contributed by atoms with Crippen LogP contribution in [0.25, 0.3) is 22.2 Å². The van der Waals surface area contributed by atoms with Gasteiger partial charge in [-0.2, -0.15) is 0 Å². The Morgan fingerprint density at radius 3 is 2.79 bits per heavy atom. The van der Waals surface area contributed by atoms with E-state index in [1.165, 1.54) is 18.2 Å².